The third-order valence-corrected chi connectivity index (χ3v) is 5.81. The van der Waals surface area contributed by atoms with Crippen molar-refractivity contribution >= 4 is 23.4 Å². The average Bonchev–Trinajstić information content (AvgIpc) is 2.86. The van der Waals surface area contributed by atoms with Crippen molar-refractivity contribution in [1.82, 2.24) is 0 Å². The van der Waals surface area contributed by atoms with Crippen LogP contribution in [0.4, 0.5) is 0 Å². The summed E-state index contributed by atoms with van der Waals surface area (Å²) >= 11 is 0. The van der Waals surface area contributed by atoms with Gasteiger partial charge >= 0.3 is 5.97 Å². The Balaban J connectivity index is 2.01. The molecule has 3 aromatic rings. The summed E-state index contributed by atoms with van der Waals surface area (Å²) in [6.45, 7) is 1.56. The minimum absolute atomic E-state index is 0.190. The summed E-state index contributed by atoms with van der Waals surface area (Å²) in [5.74, 6) is -1.85. The Morgan fingerprint density at radius 2 is 1.64 bits per heavy atom. The van der Waals surface area contributed by atoms with Gasteiger partial charge in [-0.3, -0.25) is 4.79 Å². The molecule has 1 aliphatic rings. The number of hydrogen-bond acceptors (Lipinski definition) is 4. The molecule has 0 heterocycles. The number of Topliss-reactive ketones (excluding diaryl/α,β-unsaturated/α-hetero) is 1. The molecule has 0 saturated carbocycles. The number of fused-ring (bicyclic) bond motifs is 1. The van der Waals surface area contributed by atoms with E-state index in [9.17, 15) is 14.7 Å². The molecule has 0 amide bonds. The Kier molecular flexibility index (Phi) is 6.50. The number of benzene rings is 3. The van der Waals surface area contributed by atoms with Crippen LogP contribution in [0.5, 0.6) is 0 Å². The van der Waals surface area contributed by atoms with E-state index < -0.39 is 18.5 Å². The van der Waals surface area contributed by atoms with Gasteiger partial charge in [0, 0.05) is 16.7 Å². The summed E-state index contributed by atoms with van der Waals surface area (Å²) in [4.78, 5) is 26.2. The number of hydrogen-bond donors (Lipinski definition) is 1. The van der Waals surface area contributed by atoms with Gasteiger partial charge in [0.05, 0.1) is 25.2 Å². The van der Waals surface area contributed by atoms with Crippen LogP contribution < -0.4 is 0 Å². The maximum atomic E-state index is 13.5. The van der Waals surface area contributed by atoms with Gasteiger partial charge in [0.25, 0.3) is 0 Å². The Hall–Kier alpha value is -3.98. The highest BCUT2D eigenvalue weighted by Crippen LogP contribution is 2.35. The molecule has 4 rings (SSSR count). The second kappa shape index (κ2) is 9.66. The van der Waals surface area contributed by atoms with Crippen molar-refractivity contribution in [2.45, 2.75) is 6.92 Å². The SMILES string of the molecule is COC(=O)C1=Cc2ccccc2C(=O)C1C(=C=C(c1ccccc1)c1ccccc1C)CO. The van der Waals surface area contributed by atoms with Crippen molar-refractivity contribution in [3.05, 3.63) is 124 Å². The lowest BCUT2D eigenvalue weighted by molar-refractivity contribution is -0.136. The van der Waals surface area contributed by atoms with Crippen LogP contribution in [-0.4, -0.2) is 30.6 Å². The first kappa shape index (κ1) is 22.2. The Bertz CT molecular complexity index is 1310. The van der Waals surface area contributed by atoms with Gasteiger partial charge in [0.1, 0.15) is 0 Å². The highest BCUT2D eigenvalue weighted by Gasteiger charge is 2.36. The summed E-state index contributed by atoms with van der Waals surface area (Å²) in [6, 6.07) is 24.7. The van der Waals surface area contributed by atoms with Crippen molar-refractivity contribution < 1.29 is 19.4 Å². The number of aliphatic hydroxyl groups is 1. The first-order chi connectivity index (χ1) is 16.0. The van der Waals surface area contributed by atoms with E-state index in [4.69, 9.17) is 4.74 Å². The fourth-order valence-electron chi connectivity index (χ4n) is 4.15. The number of esters is 1. The molecule has 0 aromatic heterocycles. The van der Waals surface area contributed by atoms with Crippen molar-refractivity contribution in [1.29, 1.82) is 0 Å². The summed E-state index contributed by atoms with van der Waals surface area (Å²) < 4.78 is 4.98. The van der Waals surface area contributed by atoms with Gasteiger partial charge in [-0.1, -0.05) is 78.9 Å². The molecule has 0 aliphatic heterocycles. The number of ketones is 1. The van der Waals surface area contributed by atoms with Crippen LogP contribution in [-0.2, 0) is 9.53 Å². The lowest BCUT2D eigenvalue weighted by Crippen LogP contribution is -2.29. The maximum Gasteiger partial charge on any atom is 0.334 e. The Labute approximate surface area is 193 Å². The molecule has 0 bridgehead atoms. The van der Waals surface area contributed by atoms with Gasteiger partial charge in [0.2, 0.25) is 0 Å². The van der Waals surface area contributed by atoms with E-state index >= 15 is 0 Å². The van der Waals surface area contributed by atoms with E-state index in [2.05, 4.69) is 5.73 Å². The number of aryl methyl sites for hydroxylation is 1. The number of rotatable bonds is 5. The van der Waals surface area contributed by atoms with E-state index in [0.29, 0.717) is 16.7 Å². The van der Waals surface area contributed by atoms with Gasteiger partial charge in [-0.25, -0.2) is 4.79 Å². The lowest BCUT2D eigenvalue weighted by atomic mass is 9.78. The predicted octanol–water partition coefficient (Wildman–Crippen LogP) is 5.01. The van der Waals surface area contributed by atoms with Crippen LogP contribution in [0.25, 0.3) is 11.6 Å². The molecular weight excluding hydrogens is 412 g/mol. The van der Waals surface area contributed by atoms with E-state index in [-0.39, 0.29) is 11.4 Å². The molecule has 0 saturated heterocycles. The van der Waals surface area contributed by atoms with E-state index in [1.807, 2.05) is 67.6 Å². The standard InChI is InChI=1S/C29H24O4/c1-19-10-6-8-14-23(19)25(20-11-4-3-5-12-20)17-22(18-30)27-26(29(32)33-2)16-21-13-7-9-15-24(21)28(27)31/h3-16,27,30H,18H2,1-2H3. The van der Waals surface area contributed by atoms with E-state index in [1.54, 1.807) is 24.3 Å². The lowest BCUT2D eigenvalue weighted by Gasteiger charge is -2.24. The van der Waals surface area contributed by atoms with Gasteiger partial charge in [-0.05, 0) is 35.3 Å². The van der Waals surface area contributed by atoms with Gasteiger partial charge < -0.3 is 9.84 Å². The first-order valence-corrected chi connectivity index (χ1v) is 10.7. The van der Waals surface area contributed by atoms with E-state index in [0.717, 1.165) is 22.3 Å². The van der Waals surface area contributed by atoms with Crippen molar-refractivity contribution in [3.8, 4) is 0 Å². The topological polar surface area (TPSA) is 63.6 Å². The van der Waals surface area contributed by atoms with Gasteiger partial charge in [-0.2, -0.15) is 0 Å². The highest BCUT2D eigenvalue weighted by atomic mass is 16.5. The fourth-order valence-corrected chi connectivity index (χ4v) is 4.15. The zero-order chi connectivity index (χ0) is 23.4. The molecule has 1 unspecified atom stereocenters. The third kappa shape index (κ3) is 4.35. The van der Waals surface area contributed by atoms with Crippen LogP contribution in [0, 0.1) is 12.8 Å². The number of carbonyl (C=O) groups is 2. The van der Waals surface area contributed by atoms with Crippen molar-refractivity contribution in [2.24, 2.45) is 5.92 Å². The van der Waals surface area contributed by atoms with Crippen LogP contribution >= 0.6 is 0 Å². The molecule has 3 aromatic carbocycles. The van der Waals surface area contributed by atoms with Crippen molar-refractivity contribution in [3.63, 3.8) is 0 Å². The minimum Gasteiger partial charge on any atom is -0.466 e. The zero-order valence-corrected chi connectivity index (χ0v) is 18.5. The molecule has 1 atom stereocenters. The number of ether oxygens (including phenoxy) is 1. The number of carbonyl (C=O) groups excluding carboxylic acids is 2. The van der Waals surface area contributed by atoms with Gasteiger partial charge in [-0.15, -0.1) is 5.73 Å². The summed E-state index contributed by atoms with van der Waals surface area (Å²) in [6.07, 6.45) is 1.67. The normalized spacial score (nSPS) is 14.6. The average molecular weight is 437 g/mol. The number of methoxy groups -OCH3 is 1. The second-order valence-electron chi connectivity index (χ2n) is 7.84. The maximum absolute atomic E-state index is 13.5. The van der Waals surface area contributed by atoms with Crippen LogP contribution in [0.1, 0.15) is 32.6 Å². The summed E-state index contributed by atoms with van der Waals surface area (Å²) in [5.41, 5.74) is 8.59. The fraction of sp³-hybridized carbons (Fsp3) is 0.138. The smallest absolute Gasteiger partial charge is 0.334 e. The first-order valence-electron chi connectivity index (χ1n) is 10.7. The largest absolute Gasteiger partial charge is 0.466 e. The Morgan fingerprint density at radius 1 is 0.970 bits per heavy atom. The quantitative estimate of drug-likeness (QED) is 0.451. The third-order valence-electron chi connectivity index (χ3n) is 5.81. The molecular formula is C29H24O4. The molecule has 4 heteroatoms. The van der Waals surface area contributed by atoms with E-state index in [1.165, 1.54) is 7.11 Å². The molecule has 1 aliphatic carbocycles. The molecule has 0 fully saturated rings. The molecule has 0 radical (unpaired) electrons. The van der Waals surface area contributed by atoms with Crippen LogP contribution in [0.2, 0.25) is 0 Å². The molecule has 4 nitrogen and oxygen atoms in total. The van der Waals surface area contributed by atoms with Crippen molar-refractivity contribution in [2.75, 3.05) is 13.7 Å². The van der Waals surface area contributed by atoms with Crippen LogP contribution in [0.15, 0.2) is 95.7 Å². The van der Waals surface area contributed by atoms with Crippen LogP contribution in [0.3, 0.4) is 0 Å². The molecule has 1 N–H and O–H groups in total. The number of aliphatic hydroxyl groups excluding tert-OH is 1. The zero-order valence-electron chi connectivity index (χ0n) is 18.5. The molecule has 164 valence electrons. The molecule has 33 heavy (non-hydrogen) atoms. The minimum atomic E-state index is -0.986. The summed E-state index contributed by atoms with van der Waals surface area (Å²) in [5, 5.41) is 10.4. The molecule has 0 spiro atoms. The second-order valence-corrected chi connectivity index (χ2v) is 7.84. The highest BCUT2D eigenvalue weighted by molar-refractivity contribution is 6.14. The monoisotopic (exact) mass is 436 g/mol. The Morgan fingerprint density at radius 3 is 2.33 bits per heavy atom. The van der Waals surface area contributed by atoms with Gasteiger partial charge in [0.15, 0.2) is 5.78 Å². The predicted molar refractivity (Wildman–Crippen MR) is 128 cm³/mol. The summed E-state index contributed by atoms with van der Waals surface area (Å²) in [7, 11) is 1.28.